The van der Waals surface area contributed by atoms with Gasteiger partial charge in [-0.05, 0) is 43.0 Å². The molecule has 100 valence electrons. The van der Waals surface area contributed by atoms with Crippen molar-refractivity contribution < 1.29 is 4.39 Å². The summed E-state index contributed by atoms with van der Waals surface area (Å²) in [7, 11) is 0. The molecule has 1 aliphatic rings. The SMILES string of the molecule is N#Cc1ccnc(NC2(c3ccc(F)cc3)CCC2)n1. The van der Waals surface area contributed by atoms with Gasteiger partial charge in [-0.15, -0.1) is 0 Å². The van der Waals surface area contributed by atoms with E-state index in [-0.39, 0.29) is 11.4 Å². The van der Waals surface area contributed by atoms with Crippen molar-refractivity contribution in [2.45, 2.75) is 24.8 Å². The molecular formula is C15H13FN4. The summed E-state index contributed by atoms with van der Waals surface area (Å²) in [6.45, 7) is 0. The Balaban J connectivity index is 1.90. The van der Waals surface area contributed by atoms with Gasteiger partial charge in [0.1, 0.15) is 17.6 Å². The molecule has 0 saturated heterocycles. The molecule has 1 saturated carbocycles. The molecule has 3 rings (SSSR count). The van der Waals surface area contributed by atoms with Crippen molar-refractivity contribution in [2.75, 3.05) is 5.32 Å². The Bertz CT molecular complexity index is 656. The number of benzene rings is 1. The lowest BCUT2D eigenvalue weighted by Gasteiger charge is -2.43. The number of nitrogens with zero attached hydrogens (tertiary/aromatic N) is 3. The normalized spacial score (nSPS) is 16.0. The fourth-order valence-corrected chi connectivity index (χ4v) is 2.48. The molecule has 0 bridgehead atoms. The van der Waals surface area contributed by atoms with Gasteiger partial charge < -0.3 is 5.32 Å². The van der Waals surface area contributed by atoms with E-state index in [9.17, 15) is 4.39 Å². The second-order valence-electron chi connectivity index (χ2n) is 4.94. The van der Waals surface area contributed by atoms with Crippen molar-refractivity contribution in [3.63, 3.8) is 0 Å². The lowest BCUT2D eigenvalue weighted by atomic mass is 9.72. The van der Waals surface area contributed by atoms with Crippen LogP contribution >= 0.6 is 0 Å². The minimum Gasteiger partial charge on any atom is -0.345 e. The lowest BCUT2D eigenvalue weighted by molar-refractivity contribution is 0.282. The fourth-order valence-electron chi connectivity index (χ4n) is 2.48. The smallest absolute Gasteiger partial charge is 0.224 e. The van der Waals surface area contributed by atoms with Crippen molar-refractivity contribution in [1.82, 2.24) is 9.97 Å². The Morgan fingerprint density at radius 2 is 1.95 bits per heavy atom. The highest BCUT2D eigenvalue weighted by Crippen LogP contribution is 2.43. The van der Waals surface area contributed by atoms with Gasteiger partial charge in [0.15, 0.2) is 0 Å². The molecule has 2 aromatic rings. The topological polar surface area (TPSA) is 61.6 Å². The van der Waals surface area contributed by atoms with Gasteiger partial charge >= 0.3 is 0 Å². The molecule has 1 aromatic carbocycles. The molecule has 0 unspecified atom stereocenters. The molecule has 1 aliphatic carbocycles. The van der Waals surface area contributed by atoms with Crippen molar-refractivity contribution in [2.24, 2.45) is 0 Å². The maximum absolute atomic E-state index is 13.0. The van der Waals surface area contributed by atoms with Gasteiger partial charge in [-0.25, -0.2) is 14.4 Å². The minimum absolute atomic E-state index is 0.244. The maximum atomic E-state index is 13.0. The Labute approximate surface area is 116 Å². The zero-order chi connectivity index (χ0) is 14.0. The standard InChI is InChI=1S/C15H13FN4/c16-12-4-2-11(3-5-12)15(7-1-8-15)20-14-18-9-6-13(10-17)19-14/h2-6,9H,1,7-8H2,(H,18,19,20). The first-order valence-electron chi connectivity index (χ1n) is 6.49. The average Bonchev–Trinajstić information content (AvgIpc) is 2.44. The van der Waals surface area contributed by atoms with Crippen LogP contribution in [0.4, 0.5) is 10.3 Å². The van der Waals surface area contributed by atoms with E-state index in [0.717, 1.165) is 24.8 Å². The largest absolute Gasteiger partial charge is 0.345 e. The van der Waals surface area contributed by atoms with Gasteiger partial charge in [-0.3, -0.25) is 0 Å². The maximum Gasteiger partial charge on any atom is 0.224 e. The van der Waals surface area contributed by atoms with Crippen LogP contribution in [-0.4, -0.2) is 9.97 Å². The summed E-state index contributed by atoms with van der Waals surface area (Å²) < 4.78 is 13.0. The van der Waals surface area contributed by atoms with Crippen LogP contribution in [0.15, 0.2) is 36.5 Å². The van der Waals surface area contributed by atoms with Gasteiger partial charge in [0, 0.05) is 6.20 Å². The number of hydrogen-bond acceptors (Lipinski definition) is 4. The number of anilines is 1. The number of aromatic nitrogens is 2. The fraction of sp³-hybridized carbons (Fsp3) is 0.267. The lowest BCUT2D eigenvalue weighted by Crippen LogP contribution is -2.42. The first-order valence-corrected chi connectivity index (χ1v) is 6.49. The van der Waals surface area contributed by atoms with Crippen LogP contribution in [0.2, 0.25) is 0 Å². The Morgan fingerprint density at radius 3 is 2.55 bits per heavy atom. The Hall–Kier alpha value is -2.48. The van der Waals surface area contributed by atoms with Crippen LogP contribution in [0.5, 0.6) is 0 Å². The molecule has 4 nitrogen and oxygen atoms in total. The van der Waals surface area contributed by atoms with Crippen molar-refractivity contribution in [3.05, 3.63) is 53.6 Å². The van der Waals surface area contributed by atoms with Crippen LogP contribution < -0.4 is 5.32 Å². The second-order valence-corrected chi connectivity index (χ2v) is 4.94. The van der Waals surface area contributed by atoms with Crippen LogP contribution in [0, 0.1) is 17.1 Å². The van der Waals surface area contributed by atoms with Crippen LogP contribution in [0.3, 0.4) is 0 Å². The zero-order valence-electron chi connectivity index (χ0n) is 10.8. The first-order chi connectivity index (χ1) is 9.72. The molecule has 0 spiro atoms. The zero-order valence-corrected chi connectivity index (χ0v) is 10.8. The number of hydrogen-bond donors (Lipinski definition) is 1. The molecule has 0 amide bonds. The summed E-state index contributed by atoms with van der Waals surface area (Å²) in [4.78, 5) is 8.29. The number of nitrogens with one attached hydrogen (secondary N) is 1. The summed E-state index contributed by atoms with van der Waals surface area (Å²) in [6.07, 6.45) is 4.55. The van der Waals surface area contributed by atoms with Gasteiger partial charge in [0.05, 0.1) is 5.54 Å². The molecule has 1 heterocycles. The molecule has 1 fully saturated rings. The molecule has 5 heteroatoms. The molecule has 1 aromatic heterocycles. The summed E-state index contributed by atoms with van der Waals surface area (Å²) >= 11 is 0. The van der Waals surface area contributed by atoms with Gasteiger partial charge in [0.25, 0.3) is 0 Å². The number of nitriles is 1. The van der Waals surface area contributed by atoms with E-state index in [0.29, 0.717) is 11.6 Å². The predicted molar refractivity (Wildman–Crippen MR) is 72.3 cm³/mol. The van der Waals surface area contributed by atoms with Crippen molar-refractivity contribution >= 4 is 5.95 Å². The summed E-state index contributed by atoms with van der Waals surface area (Å²) in [5.41, 5.74) is 1.11. The predicted octanol–water partition coefficient (Wildman–Crippen LogP) is 2.98. The summed E-state index contributed by atoms with van der Waals surface area (Å²) in [5, 5.41) is 12.2. The van der Waals surface area contributed by atoms with Gasteiger partial charge in [-0.2, -0.15) is 5.26 Å². The minimum atomic E-state index is -0.248. The second kappa shape index (κ2) is 4.89. The average molecular weight is 268 g/mol. The highest BCUT2D eigenvalue weighted by atomic mass is 19.1. The van der Waals surface area contributed by atoms with E-state index < -0.39 is 0 Å². The van der Waals surface area contributed by atoms with E-state index in [4.69, 9.17) is 5.26 Å². The van der Waals surface area contributed by atoms with Gasteiger partial charge in [0.2, 0.25) is 5.95 Å². The summed E-state index contributed by atoms with van der Waals surface area (Å²) in [6, 6.07) is 10.1. The molecular weight excluding hydrogens is 255 g/mol. The third-order valence-corrected chi connectivity index (χ3v) is 3.73. The van der Waals surface area contributed by atoms with Crippen LogP contribution in [0.25, 0.3) is 0 Å². The number of rotatable bonds is 3. The van der Waals surface area contributed by atoms with Crippen LogP contribution in [0.1, 0.15) is 30.5 Å². The monoisotopic (exact) mass is 268 g/mol. The molecule has 0 radical (unpaired) electrons. The molecule has 20 heavy (non-hydrogen) atoms. The Morgan fingerprint density at radius 1 is 1.20 bits per heavy atom. The van der Waals surface area contributed by atoms with E-state index in [1.807, 2.05) is 6.07 Å². The Kier molecular flexibility index (Phi) is 3.07. The first kappa shape index (κ1) is 12.5. The van der Waals surface area contributed by atoms with Crippen molar-refractivity contribution in [1.29, 1.82) is 5.26 Å². The van der Waals surface area contributed by atoms with E-state index in [1.54, 1.807) is 24.4 Å². The third-order valence-electron chi connectivity index (χ3n) is 3.73. The quantitative estimate of drug-likeness (QED) is 0.929. The van der Waals surface area contributed by atoms with Gasteiger partial charge in [-0.1, -0.05) is 12.1 Å². The molecule has 1 N–H and O–H groups in total. The molecule has 0 aliphatic heterocycles. The van der Waals surface area contributed by atoms with E-state index in [1.165, 1.54) is 12.1 Å². The number of halogens is 1. The van der Waals surface area contributed by atoms with E-state index in [2.05, 4.69) is 15.3 Å². The highest BCUT2D eigenvalue weighted by molar-refractivity contribution is 5.40. The van der Waals surface area contributed by atoms with E-state index >= 15 is 0 Å². The van der Waals surface area contributed by atoms with Crippen molar-refractivity contribution in [3.8, 4) is 6.07 Å². The third kappa shape index (κ3) is 2.21. The highest BCUT2D eigenvalue weighted by Gasteiger charge is 2.39. The summed E-state index contributed by atoms with van der Waals surface area (Å²) in [5.74, 6) is 0.194. The molecule has 0 atom stereocenters. The van der Waals surface area contributed by atoms with Crippen LogP contribution in [-0.2, 0) is 5.54 Å².